The summed E-state index contributed by atoms with van der Waals surface area (Å²) in [6, 6.07) is 0.607. The summed E-state index contributed by atoms with van der Waals surface area (Å²) in [5, 5.41) is 19.9. The number of aliphatic hydroxyl groups is 2. The number of pyridine rings is 1. The van der Waals surface area contributed by atoms with Crippen molar-refractivity contribution in [2.24, 2.45) is 5.41 Å². The van der Waals surface area contributed by atoms with E-state index < -0.39 is 34.8 Å². The Morgan fingerprint density at radius 1 is 1.55 bits per heavy atom. The highest BCUT2D eigenvalue weighted by Gasteiger charge is 2.42. The summed E-state index contributed by atoms with van der Waals surface area (Å²) in [6.45, 7) is 2.08. The fourth-order valence-electron chi connectivity index (χ4n) is 2.98. The Hall–Kier alpha value is -1.60. The van der Waals surface area contributed by atoms with Crippen molar-refractivity contribution in [1.82, 2.24) is 9.88 Å². The smallest absolute Gasteiger partial charge is 0.275 e. The molecule has 0 saturated carbocycles. The Balaban J connectivity index is 2.14. The minimum absolute atomic E-state index is 0.00209. The van der Waals surface area contributed by atoms with Crippen molar-refractivity contribution >= 4 is 5.91 Å². The van der Waals surface area contributed by atoms with Gasteiger partial charge < -0.3 is 15.1 Å². The number of carbonyl (C=O) groups is 1. The largest absolute Gasteiger partial charge is 0.396 e. The van der Waals surface area contributed by atoms with Crippen molar-refractivity contribution in [3.05, 3.63) is 29.6 Å². The molecule has 2 atom stereocenters. The summed E-state index contributed by atoms with van der Waals surface area (Å²) >= 11 is 0. The molecule has 0 radical (unpaired) electrons. The lowest BCUT2D eigenvalue weighted by Gasteiger charge is -2.44. The highest BCUT2D eigenvalue weighted by molar-refractivity contribution is 5.92. The quantitative estimate of drug-likeness (QED) is 0.880. The van der Waals surface area contributed by atoms with E-state index in [1.54, 1.807) is 0 Å². The molecule has 0 aliphatic carbocycles. The predicted molar refractivity (Wildman–Crippen MR) is 75.1 cm³/mol. The molecule has 1 fully saturated rings. The van der Waals surface area contributed by atoms with Gasteiger partial charge in [-0.3, -0.25) is 4.79 Å². The third kappa shape index (κ3) is 3.10. The number of carbonyl (C=O) groups excluding carboxylic acids is 1. The number of piperidine rings is 1. The molecule has 2 rings (SSSR count). The van der Waals surface area contributed by atoms with E-state index in [1.807, 2.05) is 6.92 Å². The number of hydrogen-bond donors (Lipinski definition) is 2. The maximum atomic E-state index is 13.6. The molecule has 0 spiro atoms. The van der Waals surface area contributed by atoms with Crippen LogP contribution in [0.2, 0.25) is 0 Å². The van der Waals surface area contributed by atoms with E-state index in [0.29, 0.717) is 18.9 Å². The number of nitrogens with zero attached hydrogens (tertiary/aromatic N) is 2. The molecular formula is C15H20F2N2O3. The van der Waals surface area contributed by atoms with Gasteiger partial charge in [0, 0.05) is 24.6 Å². The van der Waals surface area contributed by atoms with Gasteiger partial charge in [0.15, 0.2) is 11.5 Å². The molecule has 22 heavy (non-hydrogen) atoms. The van der Waals surface area contributed by atoms with Crippen molar-refractivity contribution in [1.29, 1.82) is 0 Å². The molecule has 2 N–H and O–H groups in total. The van der Waals surface area contributed by atoms with Gasteiger partial charge in [-0.1, -0.05) is 13.3 Å². The monoisotopic (exact) mass is 314 g/mol. The van der Waals surface area contributed by atoms with Crippen molar-refractivity contribution in [3.63, 3.8) is 0 Å². The van der Waals surface area contributed by atoms with Crippen LogP contribution in [0, 0.1) is 17.0 Å². The van der Waals surface area contributed by atoms with Crippen molar-refractivity contribution in [2.45, 2.75) is 32.3 Å². The second-order valence-electron chi connectivity index (χ2n) is 5.77. The SMILES string of the molecule is CCC[C@]1(CO)CCN(C(=O)c2ncc(F)cc2F)C[C@H]1O. The van der Waals surface area contributed by atoms with Crippen LogP contribution in [0.15, 0.2) is 12.3 Å². The van der Waals surface area contributed by atoms with Gasteiger partial charge >= 0.3 is 0 Å². The Bertz CT molecular complexity index is 556. The van der Waals surface area contributed by atoms with Gasteiger partial charge in [-0.25, -0.2) is 13.8 Å². The van der Waals surface area contributed by atoms with Crippen LogP contribution >= 0.6 is 0 Å². The maximum absolute atomic E-state index is 13.6. The Morgan fingerprint density at radius 3 is 2.82 bits per heavy atom. The number of β-amino-alcohol motifs (C(OH)–C–C–N with tert-alkyl or cyclic N) is 1. The summed E-state index contributed by atoms with van der Waals surface area (Å²) in [6.07, 6.45) is 1.77. The van der Waals surface area contributed by atoms with Crippen LogP contribution in [0.5, 0.6) is 0 Å². The molecule has 0 aromatic carbocycles. The average Bonchev–Trinajstić information content (AvgIpc) is 2.49. The highest BCUT2D eigenvalue weighted by Crippen LogP contribution is 2.36. The molecule has 1 saturated heterocycles. The van der Waals surface area contributed by atoms with Gasteiger partial charge in [0.25, 0.3) is 5.91 Å². The number of likely N-dealkylation sites (tertiary alicyclic amines) is 1. The lowest BCUT2D eigenvalue weighted by molar-refractivity contribution is -0.0714. The van der Waals surface area contributed by atoms with Gasteiger partial charge in [-0.15, -0.1) is 0 Å². The fraction of sp³-hybridized carbons (Fsp3) is 0.600. The average molecular weight is 314 g/mol. The molecule has 1 amide bonds. The molecule has 0 unspecified atom stereocenters. The topological polar surface area (TPSA) is 73.7 Å². The zero-order valence-corrected chi connectivity index (χ0v) is 12.4. The molecule has 122 valence electrons. The van der Waals surface area contributed by atoms with Gasteiger partial charge in [0.2, 0.25) is 0 Å². The number of aromatic nitrogens is 1. The molecule has 1 aliphatic heterocycles. The first-order valence-corrected chi connectivity index (χ1v) is 7.33. The van der Waals surface area contributed by atoms with Crippen LogP contribution in [0.1, 0.15) is 36.7 Å². The standard InChI is InChI=1S/C15H20F2N2O3/c1-2-3-15(9-20)4-5-19(8-12(15)21)14(22)13-11(17)6-10(16)7-18-13/h6-7,12,20-21H,2-5,8-9H2,1H3/t12-,15-/m1/s1. The Labute approximate surface area is 127 Å². The molecule has 1 aliphatic rings. The lowest BCUT2D eigenvalue weighted by atomic mass is 9.73. The van der Waals surface area contributed by atoms with Crippen molar-refractivity contribution in [2.75, 3.05) is 19.7 Å². The summed E-state index contributed by atoms with van der Waals surface area (Å²) in [5.74, 6) is -2.55. The Morgan fingerprint density at radius 2 is 2.27 bits per heavy atom. The predicted octanol–water partition coefficient (Wildman–Crippen LogP) is 1.35. The summed E-state index contributed by atoms with van der Waals surface area (Å²) in [4.78, 5) is 17.0. The summed E-state index contributed by atoms with van der Waals surface area (Å²) < 4.78 is 26.5. The van der Waals surface area contributed by atoms with E-state index in [2.05, 4.69) is 4.98 Å². The molecule has 7 heteroatoms. The van der Waals surface area contributed by atoms with Gasteiger partial charge in [-0.05, 0) is 12.8 Å². The van der Waals surface area contributed by atoms with Crippen molar-refractivity contribution in [3.8, 4) is 0 Å². The molecule has 1 aromatic rings. The first-order valence-electron chi connectivity index (χ1n) is 7.33. The molecule has 5 nitrogen and oxygen atoms in total. The lowest BCUT2D eigenvalue weighted by Crippen LogP contribution is -2.54. The molecular weight excluding hydrogens is 294 g/mol. The van der Waals surface area contributed by atoms with Crippen LogP contribution in [0.3, 0.4) is 0 Å². The van der Waals surface area contributed by atoms with Crippen LogP contribution in [-0.2, 0) is 0 Å². The number of rotatable bonds is 4. The minimum atomic E-state index is -1.02. The fourth-order valence-corrected chi connectivity index (χ4v) is 2.98. The maximum Gasteiger partial charge on any atom is 0.275 e. The highest BCUT2D eigenvalue weighted by atomic mass is 19.1. The molecule has 0 bridgehead atoms. The minimum Gasteiger partial charge on any atom is -0.396 e. The van der Waals surface area contributed by atoms with Gasteiger partial charge in [0.05, 0.1) is 18.9 Å². The zero-order chi connectivity index (χ0) is 16.3. The van der Waals surface area contributed by atoms with Crippen molar-refractivity contribution < 1.29 is 23.8 Å². The van der Waals surface area contributed by atoms with Crippen LogP contribution < -0.4 is 0 Å². The third-order valence-corrected chi connectivity index (χ3v) is 4.34. The van der Waals surface area contributed by atoms with Gasteiger partial charge in [-0.2, -0.15) is 0 Å². The third-order valence-electron chi connectivity index (χ3n) is 4.34. The number of hydrogen-bond acceptors (Lipinski definition) is 4. The van der Waals surface area contributed by atoms with E-state index >= 15 is 0 Å². The molecule has 1 aromatic heterocycles. The van der Waals surface area contributed by atoms with Gasteiger partial charge in [0.1, 0.15) is 5.82 Å². The van der Waals surface area contributed by atoms with E-state index in [0.717, 1.165) is 12.6 Å². The summed E-state index contributed by atoms with van der Waals surface area (Å²) in [5.41, 5.74) is -1.08. The second kappa shape index (κ2) is 6.66. The number of halogens is 2. The van der Waals surface area contributed by atoms with Crippen LogP contribution in [0.25, 0.3) is 0 Å². The van der Waals surface area contributed by atoms with E-state index in [9.17, 15) is 23.8 Å². The first kappa shape index (κ1) is 16.8. The summed E-state index contributed by atoms with van der Waals surface area (Å²) in [7, 11) is 0. The molecule has 2 heterocycles. The zero-order valence-electron chi connectivity index (χ0n) is 12.4. The first-order chi connectivity index (χ1) is 10.4. The number of amides is 1. The van der Waals surface area contributed by atoms with E-state index in [1.165, 1.54) is 4.90 Å². The van der Waals surface area contributed by atoms with E-state index in [4.69, 9.17) is 0 Å². The normalized spacial score (nSPS) is 25.3. The van der Waals surface area contributed by atoms with Crippen LogP contribution in [-0.4, -0.2) is 51.8 Å². The number of aliphatic hydroxyl groups excluding tert-OH is 2. The Kier molecular flexibility index (Phi) is 5.08. The second-order valence-corrected chi connectivity index (χ2v) is 5.77. The van der Waals surface area contributed by atoms with E-state index in [-0.39, 0.29) is 19.7 Å². The van der Waals surface area contributed by atoms with Crippen LogP contribution in [0.4, 0.5) is 8.78 Å².